The van der Waals surface area contributed by atoms with E-state index in [1.807, 2.05) is 0 Å². The Hall–Kier alpha value is -0.890. The van der Waals surface area contributed by atoms with Crippen LogP contribution in [0.5, 0.6) is 0 Å². The molecule has 11 nitrogen and oxygen atoms in total. The van der Waals surface area contributed by atoms with Crippen molar-refractivity contribution in [2.75, 3.05) is 13.2 Å². The summed E-state index contributed by atoms with van der Waals surface area (Å²) in [4.78, 5) is 11.9. The summed E-state index contributed by atoms with van der Waals surface area (Å²) < 4.78 is 10.9. The molecule has 0 aromatic carbocycles. The van der Waals surface area contributed by atoms with E-state index in [1.54, 1.807) is 6.92 Å². The van der Waals surface area contributed by atoms with E-state index in [2.05, 4.69) is 5.32 Å². The second-order valence-electron chi connectivity index (χ2n) is 7.38. The molecule has 0 radical (unpaired) electrons. The molecule has 28 heavy (non-hydrogen) atoms. The normalized spacial score (nSPS) is 44.3. The number of rotatable bonds is 7. The third-order valence-corrected chi connectivity index (χ3v) is 5.31. The number of ether oxygens (including phenoxy) is 2. The lowest BCUT2D eigenvalue weighted by molar-refractivity contribution is -0.326. The van der Waals surface area contributed by atoms with Crippen molar-refractivity contribution in [2.24, 2.45) is 5.92 Å². The van der Waals surface area contributed by atoms with Gasteiger partial charge >= 0.3 is 0 Å². The molecule has 0 aromatic rings. The van der Waals surface area contributed by atoms with Gasteiger partial charge in [-0.25, -0.2) is 0 Å². The van der Waals surface area contributed by atoms with E-state index in [0.29, 0.717) is 6.42 Å². The minimum Gasteiger partial charge on any atom is -0.396 e. The van der Waals surface area contributed by atoms with Gasteiger partial charge in [-0.2, -0.15) is 0 Å². The van der Waals surface area contributed by atoms with E-state index in [9.17, 15) is 40.5 Å². The smallest absolute Gasteiger partial charge is 0.220 e. The van der Waals surface area contributed by atoms with Gasteiger partial charge in [0.15, 0.2) is 6.29 Å². The monoisotopic (exact) mass is 409 g/mol. The Bertz CT molecular complexity index is 506. The second-order valence-corrected chi connectivity index (χ2v) is 7.38. The van der Waals surface area contributed by atoms with Gasteiger partial charge in [-0.05, 0) is 12.8 Å². The molecule has 1 aliphatic carbocycles. The summed E-state index contributed by atoms with van der Waals surface area (Å²) in [6.07, 6.45) is -10.5. The van der Waals surface area contributed by atoms with Gasteiger partial charge in [0.25, 0.3) is 0 Å². The van der Waals surface area contributed by atoms with Gasteiger partial charge in [-0.15, -0.1) is 0 Å². The molecule has 0 aromatic heterocycles. The van der Waals surface area contributed by atoms with E-state index >= 15 is 0 Å². The molecule has 1 heterocycles. The molecule has 1 amide bonds. The summed E-state index contributed by atoms with van der Waals surface area (Å²) in [6, 6.07) is -1.06. The van der Waals surface area contributed by atoms with Crippen LogP contribution >= 0.6 is 0 Å². The molecule has 8 N–H and O–H groups in total. The van der Waals surface area contributed by atoms with Crippen molar-refractivity contribution in [1.29, 1.82) is 0 Å². The van der Waals surface area contributed by atoms with Crippen molar-refractivity contribution in [3.8, 4) is 0 Å². The molecule has 1 saturated heterocycles. The van der Waals surface area contributed by atoms with Crippen LogP contribution in [0.15, 0.2) is 0 Å². The predicted octanol–water partition coefficient (Wildman–Crippen LogP) is -3.81. The first-order chi connectivity index (χ1) is 13.2. The fraction of sp³-hybridized carbons (Fsp3) is 0.941. The molecular formula is C17H31NO10. The lowest BCUT2D eigenvalue weighted by atomic mass is 9.79. The first-order valence-electron chi connectivity index (χ1n) is 9.47. The Balaban J connectivity index is 2.15. The number of aliphatic hydroxyl groups is 7. The Morgan fingerprint density at radius 2 is 1.71 bits per heavy atom. The Kier molecular flexibility index (Phi) is 8.55. The Morgan fingerprint density at radius 3 is 2.29 bits per heavy atom. The minimum atomic E-state index is -1.68. The number of hydrogen-bond donors (Lipinski definition) is 8. The van der Waals surface area contributed by atoms with Crippen LogP contribution in [0.25, 0.3) is 0 Å². The predicted molar refractivity (Wildman–Crippen MR) is 92.7 cm³/mol. The maximum absolute atomic E-state index is 11.9. The average molecular weight is 409 g/mol. The van der Waals surface area contributed by atoms with Crippen molar-refractivity contribution in [1.82, 2.24) is 5.32 Å². The Labute approximate surface area is 162 Å². The maximum Gasteiger partial charge on any atom is 0.220 e. The quantitative estimate of drug-likeness (QED) is 0.207. The van der Waals surface area contributed by atoms with E-state index in [4.69, 9.17) is 9.47 Å². The van der Waals surface area contributed by atoms with E-state index in [0.717, 1.165) is 0 Å². The van der Waals surface area contributed by atoms with Crippen molar-refractivity contribution >= 4 is 5.91 Å². The van der Waals surface area contributed by atoms with Gasteiger partial charge in [0.2, 0.25) is 5.91 Å². The van der Waals surface area contributed by atoms with Gasteiger partial charge in [0.05, 0.1) is 24.9 Å². The van der Waals surface area contributed by atoms with E-state index in [-0.39, 0.29) is 18.7 Å². The van der Waals surface area contributed by atoms with Crippen LogP contribution in [-0.4, -0.2) is 110 Å². The first-order valence-corrected chi connectivity index (χ1v) is 9.47. The topological polar surface area (TPSA) is 189 Å². The third kappa shape index (κ3) is 4.99. The number of carbonyl (C=O) groups excluding carboxylic acids is 1. The fourth-order valence-electron chi connectivity index (χ4n) is 3.67. The molecule has 2 aliphatic rings. The zero-order valence-corrected chi connectivity index (χ0v) is 15.7. The van der Waals surface area contributed by atoms with Crippen molar-refractivity contribution in [3.05, 3.63) is 0 Å². The SMILES string of the molecule is CCCC(=O)N[C@H]1C(O)C[C@H](CO)[C@@H](O[C@@H]2O[C@H](CO)[C@@H](O)[C@H](O)[C@H]2O)[C@@H]1O. The minimum absolute atomic E-state index is 0.00667. The zero-order valence-electron chi connectivity index (χ0n) is 15.7. The molecule has 11 heteroatoms. The average Bonchev–Trinajstić information content (AvgIpc) is 2.67. The van der Waals surface area contributed by atoms with E-state index < -0.39 is 74.2 Å². The van der Waals surface area contributed by atoms with Gasteiger partial charge < -0.3 is 50.5 Å². The van der Waals surface area contributed by atoms with Crippen LogP contribution < -0.4 is 5.32 Å². The molecule has 1 unspecified atom stereocenters. The van der Waals surface area contributed by atoms with Crippen LogP contribution in [0.1, 0.15) is 26.2 Å². The summed E-state index contributed by atoms with van der Waals surface area (Å²) >= 11 is 0. The Morgan fingerprint density at radius 1 is 1.04 bits per heavy atom. The van der Waals surface area contributed by atoms with Gasteiger partial charge in [-0.3, -0.25) is 4.79 Å². The standard InChI is InChI=1S/C17H31NO10/c1-2-3-10(22)18-11-8(21)4-7(5-19)16(13(11)24)28-17-15(26)14(25)12(23)9(6-20)27-17/h7-9,11-17,19-21,23-26H,2-6H2,1H3,(H,18,22)/t7-,8?,9-,11+,12-,13-,14+,15-,16-,17+/m1/s1. The zero-order chi connectivity index (χ0) is 21.0. The largest absolute Gasteiger partial charge is 0.396 e. The van der Waals surface area contributed by atoms with Crippen LogP contribution in [0.3, 0.4) is 0 Å². The highest BCUT2D eigenvalue weighted by Gasteiger charge is 2.50. The number of amides is 1. The van der Waals surface area contributed by atoms with E-state index in [1.165, 1.54) is 0 Å². The molecule has 10 atom stereocenters. The number of aliphatic hydroxyl groups excluding tert-OH is 7. The summed E-state index contributed by atoms with van der Waals surface area (Å²) in [7, 11) is 0. The van der Waals surface area contributed by atoms with Gasteiger partial charge in [0, 0.05) is 18.9 Å². The molecule has 1 saturated carbocycles. The highest BCUT2D eigenvalue weighted by Crippen LogP contribution is 2.32. The van der Waals surface area contributed by atoms with Crippen LogP contribution in [0.4, 0.5) is 0 Å². The van der Waals surface area contributed by atoms with Crippen LogP contribution in [-0.2, 0) is 14.3 Å². The number of nitrogens with one attached hydrogen (secondary N) is 1. The fourth-order valence-corrected chi connectivity index (χ4v) is 3.67. The summed E-state index contributed by atoms with van der Waals surface area (Å²) in [5.74, 6) is -1.10. The number of hydrogen-bond acceptors (Lipinski definition) is 10. The lowest BCUT2D eigenvalue weighted by Crippen LogP contribution is -2.65. The molecule has 2 rings (SSSR count). The summed E-state index contributed by atoms with van der Waals surface area (Å²) in [5.41, 5.74) is 0. The second kappa shape index (κ2) is 10.2. The van der Waals surface area contributed by atoms with Gasteiger partial charge in [0.1, 0.15) is 30.5 Å². The molecular weight excluding hydrogens is 378 g/mol. The molecule has 0 spiro atoms. The van der Waals surface area contributed by atoms with Gasteiger partial charge in [-0.1, -0.05) is 6.92 Å². The molecule has 164 valence electrons. The summed E-state index contributed by atoms with van der Waals surface area (Å²) in [5, 5.41) is 72.2. The lowest BCUT2D eigenvalue weighted by Gasteiger charge is -2.46. The van der Waals surface area contributed by atoms with Crippen molar-refractivity contribution in [3.63, 3.8) is 0 Å². The highest BCUT2D eigenvalue weighted by molar-refractivity contribution is 5.76. The highest BCUT2D eigenvalue weighted by atomic mass is 16.7. The summed E-state index contributed by atoms with van der Waals surface area (Å²) in [6.45, 7) is 0.710. The number of carbonyl (C=O) groups is 1. The molecule has 2 fully saturated rings. The van der Waals surface area contributed by atoms with Crippen molar-refractivity contribution in [2.45, 2.75) is 81.2 Å². The van der Waals surface area contributed by atoms with Crippen molar-refractivity contribution < 1.29 is 50.0 Å². The maximum atomic E-state index is 11.9. The van der Waals surface area contributed by atoms with Crippen LogP contribution in [0, 0.1) is 5.92 Å². The molecule has 1 aliphatic heterocycles. The third-order valence-electron chi connectivity index (χ3n) is 5.31. The molecule has 0 bridgehead atoms. The first kappa shape index (κ1) is 23.4. The van der Waals surface area contributed by atoms with Crippen LogP contribution in [0.2, 0.25) is 0 Å².